The standard InChI is InChI=1S/C24H21N3O3/c1-17-22(24(29)27(26(17)2)19-9-5-3-6-10-19)25-23(28)18-13-15-21(16-14-18)30-20-11-7-4-8-12-20/h3-16H,1-2H3,(H,25,28). The van der Waals surface area contributed by atoms with Gasteiger partial charge in [-0.2, -0.15) is 0 Å². The Hall–Kier alpha value is -4.06. The molecule has 0 unspecified atom stereocenters. The molecule has 0 radical (unpaired) electrons. The van der Waals surface area contributed by atoms with E-state index in [-0.39, 0.29) is 17.2 Å². The quantitative estimate of drug-likeness (QED) is 0.536. The number of nitrogens with one attached hydrogen (secondary N) is 1. The van der Waals surface area contributed by atoms with Gasteiger partial charge in [0.1, 0.15) is 17.2 Å². The number of hydrogen-bond donors (Lipinski definition) is 1. The molecule has 0 aliphatic rings. The van der Waals surface area contributed by atoms with E-state index in [2.05, 4.69) is 5.32 Å². The van der Waals surface area contributed by atoms with Gasteiger partial charge >= 0.3 is 0 Å². The summed E-state index contributed by atoms with van der Waals surface area (Å²) >= 11 is 0. The lowest BCUT2D eigenvalue weighted by Gasteiger charge is -2.07. The Labute approximate surface area is 174 Å². The van der Waals surface area contributed by atoms with Crippen LogP contribution in [0.25, 0.3) is 5.69 Å². The Morgan fingerprint density at radius 3 is 2.03 bits per heavy atom. The lowest BCUT2D eigenvalue weighted by molar-refractivity contribution is 0.102. The minimum atomic E-state index is -0.354. The molecule has 1 aromatic heterocycles. The van der Waals surface area contributed by atoms with Gasteiger partial charge in [-0.15, -0.1) is 0 Å². The predicted octanol–water partition coefficient (Wildman–Crippen LogP) is 4.53. The van der Waals surface area contributed by atoms with Crippen molar-refractivity contribution in [3.8, 4) is 17.2 Å². The van der Waals surface area contributed by atoms with Gasteiger partial charge in [0.25, 0.3) is 11.5 Å². The fraction of sp³-hybridized carbons (Fsp3) is 0.0833. The van der Waals surface area contributed by atoms with Crippen LogP contribution in [0, 0.1) is 6.92 Å². The van der Waals surface area contributed by atoms with Crippen LogP contribution in [0.4, 0.5) is 5.69 Å². The van der Waals surface area contributed by atoms with E-state index < -0.39 is 0 Å². The topological polar surface area (TPSA) is 65.3 Å². The van der Waals surface area contributed by atoms with Crippen LogP contribution in [0.3, 0.4) is 0 Å². The fourth-order valence-corrected chi connectivity index (χ4v) is 3.20. The second-order valence-corrected chi connectivity index (χ2v) is 6.83. The van der Waals surface area contributed by atoms with Gasteiger partial charge in [0.15, 0.2) is 0 Å². The minimum Gasteiger partial charge on any atom is -0.457 e. The van der Waals surface area contributed by atoms with Crippen LogP contribution in [0.5, 0.6) is 11.5 Å². The van der Waals surface area contributed by atoms with Crippen LogP contribution in [0.2, 0.25) is 0 Å². The number of carbonyl (C=O) groups excluding carboxylic acids is 1. The molecule has 150 valence electrons. The Balaban J connectivity index is 1.55. The molecule has 4 rings (SSSR count). The van der Waals surface area contributed by atoms with E-state index in [9.17, 15) is 9.59 Å². The van der Waals surface area contributed by atoms with E-state index in [1.165, 1.54) is 4.68 Å². The van der Waals surface area contributed by atoms with Crippen molar-refractivity contribution < 1.29 is 9.53 Å². The first-order valence-corrected chi connectivity index (χ1v) is 9.53. The molecule has 6 nitrogen and oxygen atoms in total. The average Bonchev–Trinajstić information content (AvgIpc) is 2.98. The summed E-state index contributed by atoms with van der Waals surface area (Å²) in [7, 11) is 1.79. The first kappa shape index (κ1) is 19.3. The van der Waals surface area contributed by atoms with Crippen molar-refractivity contribution in [3.63, 3.8) is 0 Å². The van der Waals surface area contributed by atoms with Crippen LogP contribution < -0.4 is 15.6 Å². The zero-order chi connectivity index (χ0) is 21.1. The molecule has 0 saturated heterocycles. The number of hydrogen-bond acceptors (Lipinski definition) is 3. The molecule has 0 bridgehead atoms. The van der Waals surface area contributed by atoms with Gasteiger partial charge in [0.2, 0.25) is 0 Å². The molecule has 1 amide bonds. The van der Waals surface area contributed by atoms with Crippen molar-refractivity contribution in [3.05, 3.63) is 107 Å². The van der Waals surface area contributed by atoms with Gasteiger partial charge in [-0.3, -0.25) is 14.3 Å². The highest BCUT2D eigenvalue weighted by molar-refractivity contribution is 6.04. The molecule has 0 aliphatic carbocycles. The maximum atomic E-state index is 12.9. The summed E-state index contributed by atoms with van der Waals surface area (Å²) in [6, 6.07) is 25.5. The molecule has 3 aromatic carbocycles. The van der Waals surface area contributed by atoms with E-state index in [4.69, 9.17) is 4.74 Å². The smallest absolute Gasteiger partial charge is 0.295 e. The minimum absolute atomic E-state index is 0.260. The average molecular weight is 399 g/mol. The summed E-state index contributed by atoms with van der Waals surface area (Å²) in [5, 5.41) is 2.76. The molecule has 0 atom stereocenters. The SMILES string of the molecule is Cc1c(NC(=O)c2ccc(Oc3ccccc3)cc2)c(=O)n(-c2ccccc2)n1C. The summed E-state index contributed by atoms with van der Waals surface area (Å²) in [6.45, 7) is 1.80. The number of carbonyl (C=O) groups is 1. The molecule has 1 heterocycles. The zero-order valence-corrected chi connectivity index (χ0v) is 16.7. The predicted molar refractivity (Wildman–Crippen MR) is 117 cm³/mol. The second-order valence-electron chi connectivity index (χ2n) is 6.83. The van der Waals surface area contributed by atoms with Crippen LogP contribution >= 0.6 is 0 Å². The van der Waals surface area contributed by atoms with Crippen molar-refractivity contribution in [1.82, 2.24) is 9.36 Å². The van der Waals surface area contributed by atoms with E-state index in [1.807, 2.05) is 60.7 Å². The highest BCUT2D eigenvalue weighted by Gasteiger charge is 2.18. The van der Waals surface area contributed by atoms with Gasteiger partial charge < -0.3 is 10.1 Å². The highest BCUT2D eigenvalue weighted by Crippen LogP contribution is 2.22. The van der Waals surface area contributed by atoms with Crippen molar-refractivity contribution >= 4 is 11.6 Å². The number of benzene rings is 3. The number of para-hydroxylation sites is 2. The van der Waals surface area contributed by atoms with E-state index in [0.717, 1.165) is 11.4 Å². The Bertz CT molecular complexity index is 1220. The summed E-state index contributed by atoms with van der Waals surface area (Å²) in [6.07, 6.45) is 0. The summed E-state index contributed by atoms with van der Waals surface area (Å²) in [5.74, 6) is 0.989. The lowest BCUT2D eigenvalue weighted by Crippen LogP contribution is -2.22. The number of anilines is 1. The van der Waals surface area contributed by atoms with Crippen LogP contribution in [-0.2, 0) is 7.05 Å². The number of nitrogens with zero attached hydrogens (tertiary/aromatic N) is 2. The second kappa shape index (κ2) is 8.13. The normalized spacial score (nSPS) is 10.6. The highest BCUT2D eigenvalue weighted by atomic mass is 16.5. The van der Waals surface area contributed by atoms with Crippen LogP contribution in [0.1, 0.15) is 16.1 Å². The number of aromatic nitrogens is 2. The summed E-state index contributed by atoms with van der Waals surface area (Å²) < 4.78 is 9.01. The van der Waals surface area contributed by atoms with E-state index >= 15 is 0 Å². The third-order valence-corrected chi connectivity index (χ3v) is 4.89. The van der Waals surface area contributed by atoms with Gasteiger partial charge in [-0.25, -0.2) is 4.68 Å². The Kier molecular flexibility index (Phi) is 5.22. The number of ether oxygens (including phenoxy) is 1. The molecule has 1 N–H and O–H groups in total. The Morgan fingerprint density at radius 1 is 0.833 bits per heavy atom. The molecule has 4 aromatic rings. The third-order valence-electron chi connectivity index (χ3n) is 4.89. The van der Waals surface area contributed by atoms with Crippen LogP contribution in [0.15, 0.2) is 89.7 Å². The summed E-state index contributed by atoms with van der Waals surface area (Å²) in [4.78, 5) is 25.7. The first-order valence-electron chi connectivity index (χ1n) is 9.53. The van der Waals surface area contributed by atoms with Crippen molar-refractivity contribution in [2.45, 2.75) is 6.92 Å². The van der Waals surface area contributed by atoms with Gasteiger partial charge in [-0.1, -0.05) is 36.4 Å². The molecular formula is C24H21N3O3. The molecule has 0 spiro atoms. The van der Waals surface area contributed by atoms with Crippen molar-refractivity contribution in [1.29, 1.82) is 0 Å². The molecule has 0 saturated carbocycles. The fourth-order valence-electron chi connectivity index (χ4n) is 3.20. The van der Waals surface area contributed by atoms with E-state index in [0.29, 0.717) is 17.0 Å². The third kappa shape index (κ3) is 3.75. The van der Waals surface area contributed by atoms with Gasteiger partial charge in [0.05, 0.1) is 11.4 Å². The monoisotopic (exact) mass is 399 g/mol. The molecule has 0 fully saturated rings. The molecule has 6 heteroatoms. The number of amides is 1. The molecule has 30 heavy (non-hydrogen) atoms. The van der Waals surface area contributed by atoms with Gasteiger partial charge in [0, 0.05) is 12.6 Å². The van der Waals surface area contributed by atoms with Crippen molar-refractivity contribution in [2.75, 3.05) is 5.32 Å². The Morgan fingerprint density at radius 2 is 1.40 bits per heavy atom. The maximum absolute atomic E-state index is 12.9. The largest absolute Gasteiger partial charge is 0.457 e. The van der Waals surface area contributed by atoms with Gasteiger partial charge in [-0.05, 0) is 55.5 Å². The summed E-state index contributed by atoms with van der Waals surface area (Å²) in [5.41, 5.74) is 1.82. The molecule has 0 aliphatic heterocycles. The zero-order valence-electron chi connectivity index (χ0n) is 16.7. The van der Waals surface area contributed by atoms with Crippen molar-refractivity contribution in [2.24, 2.45) is 7.05 Å². The molecular weight excluding hydrogens is 378 g/mol. The lowest BCUT2D eigenvalue weighted by atomic mass is 10.2. The maximum Gasteiger partial charge on any atom is 0.295 e. The van der Waals surface area contributed by atoms with Crippen LogP contribution in [-0.4, -0.2) is 15.3 Å². The first-order chi connectivity index (χ1) is 14.5. The van der Waals surface area contributed by atoms with E-state index in [1.54, 1.807) is 42.9 Å². The number of rotatable bonds is 5.